The number of likely N-dealkylation sites (tertiary alicyclic amines) is 1. The molecular formula is C21H27ClN4O2. The van der Waals surface area contributed by atoms with Crippen molar-refractivity contribution in [3.05, 3.63) is 65.2 Å². The summed E-state index contributed by atoms with van der Waals surface area (Å²) in [6, 6.07) is 15.1. The van der Waals surface area contributed by atoms with E-state index in [1.54, 1.807) is 12.1 Å². The zero-order valence-corrected chi connectivity index (χ0v) is 16.6. The third kappa shape index (κ3) is 5.79. The van der Waals surface area contributed by atoms with Gasteiger partial charge in [-0.3, -0.25) is 14.5 Å². The van der Waals surface area contributed by atoms with Crippen molar-refractivity contribution < 1.29 is 9.59 Å². The second kappa shape index (κ2) is 10.2. The summed E-state index contributed by atoms with van der Waals surface area (Å²) in [5.74, 6) is -0.410. The molecule has 1 heterocycles. The number of rotatable bonds is 6. The van der Waals surface area contributed by atoms with Crippen molar-refractivity contribution in [2.75, 3.05) is 18.4 Å². The fraction of sp³-hybridized carbons (Fsp3) is 0.333. The van der Waals surface area contributed by atoms with Crippen LogP contribution in [-0.4, -0.2) is 29.8 Å². The molecule has 28 heavy (non-hydrogen) atoms. The van der Waals surface area contributed by atoms with E-state index in [2.05, 4.69) is 10.2 Å². The molecule has 0 saturated carbocycles. The highest BCUT2D eigenvalue weighted by Crippen LogP contribution is 2.19. The molecule has 1 aliphatic rings. The molecule has 150 valence electrons. The van der Waals surface area contributed by atoms with Crippen LogP contribution in [0.5, 0.6) is 0 Å². The summed E-state index contributed by atoms with van der Waals surface area (Å²) < 4.78 is 0. The minimum absolute atomic E-state index is 0. The maximum atomic E-state index is 12.3. The van der Waals surface area contributed by atoms with Gasteiger partial charge in [-0.2, -0.15) is 0 Å². The van der Waals surface area contributed by atoms with E-state index >= 15 is 0 Å². The summed E-state index contributed by atoms with van der Waals surface area (Å²) in [6.07, 6.45) is 1.87. The quantitative estimate of drug-likeness (QED) is 0.690. The summed E-state index contributed by atoms with van der Waals surface area (Å²) in [4.78, 5) is 26.0. The van der Waals surface area contributed by atoms with Crippen LogP contribution in [0.1, 0.15) is 34.3 Å². The number of halogens is 1. The number of benzene rings is 2. The third-order valence-electron chi connectivity index (χ3n) is 4.98. The van der Waals surface area contributed by atoms with Gasteiger partial charge in [0.2, 0.25) is 5.91 Å². The minimum atomic E-state index is -0.211. The van der Waals surface area contributed by atoms with Crippen molar-refractivity contribution >= 4 is 29.9 Å². The van der Waals surface area contributed by atoms with Gasteiger partial charge >= 0.3 is 0 Å². The molecular weight excluding hydrogens is 376 g/mol. The molecule has 2 aromatic rings. The molecule has 5 N–H and O–H groups in total. The second-order valence-electron chi connectivity index (χ2n) is 7.03. The number of amides is 2. The number of hydrogen-bond donors (Lipinski definition) is 3. The van der Waals surface area contributed by atoms with Crippen molar-refractivity contribution in [1.82, 2.24) is 4.90 Å². The number of nitrogens with zero attached hydrogens (tertiary/aromatic N) is 1. The Bertz CT molecular complexity index is 793. The monoisotopic (exact) mass is 402 g/mol. The molecule has 1 atom stereocenters. The molecule has 0 spiro atoms. The molecule has 0 bridgehead atoms. The molecule has 1 saturated heterocycles. The average molecular weight is 403 g/mol. The van der Waals surface area contributed by atoms with Gasteiger partial charge in [-0.1, -0.05) is 24.3 Å². The van der Waals surface area contributed by atoms with Gasteiger partial charge in [-0.05, 0) is 54.8 Å². The lowest BCUT2D eigenvalue weighted by Crippen LogP contribution is -2.40. The molecule has 0 aromatic heterocycles. The van der Waals surface area contributed by atoms with Crippen LogP contribution in [0, 0.1) is 5.92 Å². The first-order chi connectivity index (χ1) is 13.0. The smallest absolute Gasteiger partial charge is 0.255 e. The van der Waals surface area contributed by atoms with E-state index in [0.29, 0.717) is 18.7 Å². The first-order valence-corrected chi connectivity index (χ1v) is 9.26. The van der Waals surface area contributed by atoms with Crippen LogP contribution in [0.4, 0.5) is 5.69 Å². The van der Waals surface area contributed by atoms with Gasteiger partial charge in [0.1, 0.15) is 0 Å². The normalized spacial score (nSPS) is 16.8. The van der Waals surface area contributed by atoms with Gasteiger partial charge < -0.3 is 16.8 Å². The predicted molar refractivity (Wildman–Crippen MR) is 113 cm³/mol. The Labute approximate surface area is 171 Å². The van der Waals surface area contributed by atoms with E-state index in [-0.39, 0.29) is 30.1 Å². The Kier molecular flexibility index (Phi) is 7.99. The molecule has 1 aliphatic heterocycles. The molecule has 0 aliphatic carbocycles. The number of piperidine rings is 1. The van der Waals surface area contributed by atoms with Crippen molar-refractivity contribution in [3.8, 4) is 0 Å². The Morgan fingerprint density at radius 1 is 1.04 bits per heavy atom. The molecule has 1 unspecified atom stereocenters. The third-order valence-corrected chi connectivity index (χ3v) is 4.98. The Morgan fingerprint density at radius 2 is 1.68 bits per heavy atom. The minimum Gasteiger partial charge on any atom is -0.369 e. The molecule has 2 amide bonds. The summed E-state index contributed by atoms with van der Waals surface area (Å²) in [5, 5.41) is 2.90. The fourth-order valence-electron chi connectivity index (χ4n) is 3.38. The first kappa shape index (κ1) is 21.9. The number of hydrogen-bond acceptors (Lipinski definition) is 4. The SMILES string of the molecule is Cl.NCc1ccc(C(=O)Nc2ccc(CN3CCCC(C(N)=O)C3)cc2)cc1. The molecule has 2 aromatic carbocycles. The number of carbonyl (C=O) groups excluding carboxylic acids is 2. The van der Waals surface area contributed by atoms with Crippen LogP contribution < -0.4 is 16.8 Å². The predicted octanol–water partition coefficient (Wildman–Crippen LogP) is 2.52. The summed E-state index contributed by atoms with van der Waals surface area (Å²) in [5.41, 5.74) is 14.5. The maximum absolute atomic E-state index is 12.3. The van der Waals surface area contributed by atoms with Crippen LogP contribution in [-0.2, 0) is 17.9 Å². The number of anilines is 1. The van der Waals surface area contributed by atoms with E-state index in [1.807, 2.05) is 36.4 Å². The van der Waals surface area contributed by atoms with Gasteiger partial charge in [0.15, 0.2) is 0 Å². The van der Waals surface area contributed by atoms with E-state index < -0.39 is 0 Å². The summed E-state index contributed by atoms with van der Waals surface area (Å²) in [6.45, 7) is 2.92. The second-order valence-corrected chi connectivity index (χ2v) is 7.03. The van der Waals surface area contributed by atoms with Crippen LogP contribution in [0.25, 0.3) is 0 Å². The Morgan fingerprint density at radius 3 is 2.29 bits per heavy atom. The largest absolute Gasteiger partial charge is 0.369 e. The van der Waals surface area contributed by atoms with E-state index in [4.69, 9.17) is 11.5 Å². The van der Waals surface area contributed by atoms with Crippen molar-refractivity contribution in [2.24, 2.45) is 17.4 Å². The van der Waals surface area contributed by atoms with Crippen LogP contribution >= 0.6 is 12.4 Å². The van der Waals surface area contributed by atoms with Crippen molar-refractivity contribution in [2.45, 2.75) is 25.9 Å². The molecule has 0 radical (unpaired) electrons. The Balaban J connectivity index is 0.00000280. The van der Waals surface area contributed by atoms with Gasteiger partial charge in [-0.15, -0.1) is 12.4 Å². The molecule has 7 heteroatoms. The van der Waals surface area contributed by atoms with Crippen LogP contribution in [0.2, 0.25) is 0 Å². The van der Waals surface area contributed by atoms with Gasteiger partial charge in [0, 0.05) is 30.9 Å². The molecule has 3 rings (SSSR count). The van der Waals surface area contributed by atoms with Gasteiger partial charge in [-0.25, -0.2) is 0 Å². The maximum Gasteiger partial charge on any atom is 0.255 e. The number of primary amides is 1. The zero-order chi connectivity index (χ0) is 19.2. The Hall–Kier alpha value is -2.41. The van der Waals surface area contributed by atoms with E-state index in [0.717, 1.165) is 42.7 Å². The standard InChI is InChI=1S/C21H26N4O2.ClH/c22-12-15-3-7-17(8-4-15)21(27)24-19-9-5-16(6-10-19)13-25-11-1-2-18(14-25)20(23)26;/h3-10,18H,1-2,11-14,22H2,(H2,23,26)(H,24,27);1H. The zero-order valence-electron chi connectivity index (χ0n) is 15.8. The molecule has 1 fully saturated rings. The highest BCUT2D eigenvalue weighted by molar-refractivity contribution is 6.04. The summed E-state index contributed by atoms with van der Waals surface area (Å²) in [7, 11) is 0. The van der Waals surface area contributed by atoms with Crippen LogP contribution in [0.3, 0.4) is 0 Å². The first-order valence-electron chi connectivity index (χ1n) is 9.26. The lowest BCUT2D eigenvalue weighted by atomic mass is 9.97. The number of nitrogens with one attached hydrogen (secondary N) is 1. The molecule has 6 nitrogen and oxygen atoms in total. The van der Waals surface area contributed by atoms with E-state index in [1.165, 1.54) is 0 Å². The van der Waals surface area contributed by atoms with Crippen molar-refractivity contribution in [1.29, 1.82) is 0 Å². The number of carbonyl (C=O) groups is 2. The van der Waals surface area contributed by atoms with Gasteiger partial charge in [0.25, 0.3) is 5.91 Å². The van der Waals surface area contributed by atoms with Gasteiger partial charge in [0.05, 0.1) is 5.92 Å². The lowest BCUT2D eigenvalue weighted by molar-refractivity contribution is -0.123. The highest BCUT2D eigenvalue weighted by atomic mass is 35.5. The van der Waals surface area contributed by atoms with Crippen molar-refractivity contribution in [3.63, 3.8) is 0 Å². The topological polar surface area (TPSA) is 101 Å². The van der Waals surface area contributed by atoms with E-state index in [9.17, 15) is 9.59 Å². The number of nitrogens with two attached hydrogens (primary N) is 2. The van der Waals surface area contributed by atoms with Crippen LogP contribution in [0.15, 0.2) is 48.5 Å². The average Bonchev–Trinajstić information content (AvgIpc) is 2.69. The lowest BCUT2D eigenvalue weighted by Gasteiger charge is -2.31. The fourth-order valence-corrected chi connectivity index (χ4v) is 3.38. The summed E-state index contributed by atoms with van der Waals surface area (Å²) >= 11 is 0. The highest BCUT2D eigenvalue weighted by Gasteiger charge is 2.23.